The first-order valence-electron chi connectivity index (χ1n) is 29.2. The Morgan fingerprint density at radius 2 is 0.878 bits per heavy atom. The summed E-state index contributed by atoms with van der Waals surface area (Å²) in [6, 6.07) is 18.3. The zero-order chi connectivity index (χ0) is 65.1. The van der Waals surface area contributed by atoms with E-state index in [0.717, 1.165) is 46.8 Å². The third kappa shape index (κ3) is 23.0. The van der Waals surface area contributed by atoms with E-state index in [9.17, 15) is 53.2 Å². The Morgan fingerprint density at radius 1 is 0.522 bits per heavy atom. The van der Waals surface area contributed by atoms with Crippen LogP contribution in [0.1, 0.15) is 109 Å². The second-order valence-corrected chi connectivity index (χ2v) is 23.5. The quantitative estimate of drug-likeness (QED) is 0.0144. The Morgan fingerprint density at radius 3 is 1.24 bits per heavy atom. The average Bonchev–Trinajstić information content (AvgIpc) is 1.83. The van der Waals surface area contributed by atoms with Crippen LogP contribution in [0.15, 0.2) is 106 Å². The van der Waals surface area contributed by atoms with Gasteiger partial charge in [-0.1, -0.05) is 60.9 Å². The van der Waals surface area contributed by atoms with Gasteiger partial charge in [-0.15, -0.1) is 0 Å². The van der Waals surface area contributed by atoms with Crippen LogP contribution in [-0.4, -0.2) is 111 Å². The molecule has 0 spiro atoms. The molecule has 3 aromatic carbocycles. The number of rotatable bonds is 31. The zero-order valence-electron chi connectivity index (χ0n) is 50.1. The molecule has 0 bridgehead atoms. The van der Waals surface area contributed by atoms with Crippen LogP contribution in [0.25, 0.3) is 4.85 Å². The third-order valence-corrected chi connectivity index (χ3v) is 16.8. The number of esters is 10. The van der Waals surface area contributed by atoms with Gasteiger partial charge in [-0.3, -0.25) is 38.4 Å². The van der Waals surface area contributed by atoms with Crippen LogP contribution >= 0.6 is 23.5 Å². The maximum absolute atomic E-state index is 13.7. The lowest BCUT2D eigenvalue weighted by atomic mass is 9.82. The van der Waals surface area contributed by atoms with Crippen molar-refractivity contribution in [2.75, 3.05) is 33.0 Å². The van der Waals surface area contributed by atoms with Crippen LogP contribution in [0.2, 0.25) is 0 Å². The topological polar surface area (TPSA) is 300 Å². The van der Waals surface area contributed by atoms with Crippen LogP contribution < -0.4 is 18.9 Å². The van der Waals surface area contributed by atoms with E-state index in [1.807, 2.05) is 6.07 Å². The van der Waals surface area contributed by atoms with E-state index in [1.165, 1.54) is 12.1 Å². The standard InChI is InChI=1S/C65H70N2O21S2/c1-7-53(68)81-36-39(3)80-37-40(4)83-57(72)29-27-55(70)78-33-31-42-9-21-48(22-10-42)85-61(74)44-13-17-46(18-14-44)63(76)87-51-25-26-52(60-59(51)89-65(90-60)50(35-66)67-6)88-64(77)47-19-15-45(16-20-47)62(75)86-49-23-11-43(12-24-49)32-34-79-56(71)28-30-58(73)84-41(5)38-82-54(69)8-2/h7-12,21-26,39-41,44-47H,1-2,13-20,27-34,36-38H2,3-5H3/b65-50-. The molecule has 25 heteroatoms. The second-order valence-electron chi connectivity index (χ2n) is 21.2. The minimum Gasteiger partial charge on any atom is -0.465 e. The van der Waals surface area contributed by atoms with Gasteiger partial charge in [0.05, 0.1) is 102 Å². The molecule has 23 nitrogen and oxygen atoms in total. The summed E-state index contributed by atoms with van der Waals surface area (Å²) in [4.78, 5) is 129. The Balaban J connectivity index is 0.886. The largest absolute Gasteiger partial charge is 0.465 e. The van der Waals surface area contributed by atoms with Crippen LogP contribution in [0.4, 0.5) is 0 Å². The van der Waals surface area contributed by atoms with Crippen molar-refractivity contribution in [3.8, 4) is 29.1 Å². The maximum atomic E-state index is 13.7. The zero-order valence-corrected chi connectivity index (χ0v) is 51.7. The summed E-state index contributed by atoms with van der Waals surface area (Å²) in [5, 5.41) is 9.72. The molecule has 0 aromatic heterocycles. The molecule has 1 aliphatic heterocycles. The van der Waals surface area contributed by atoms with Crippen molar-refractivity contribution in [3.05, 3.63) is 118 Å². The Hall–Kier alpha value is -8.78. The normalized spacial score (nSPS) is 18.1. The Kier molecular flexibility index (Phi) is 28.1. The molecule has 2 fully saturated rings. The number of nitrogens with zero attached hydrogens (tertiary/aromatic N) is 2. The number of hydrogen-bond donors (Lipinski definition) is 0. The average molecular weight is 1280 g/mol. The van der Waals surface area contributed by atoms with Crippen molar-refractivity contribution in [1.29, 1.82) is 5.26 Å². The molecular weight excluding hydrogens is 1210 g/mol. The molecule has 2 saturated carbocycles. The lowest BCUT2D eigenvalue weighted by molar-refractivity contribution is -0.157. The molecule has 3 atom stereocenters. The van der Waals surface area contributed by atoms with Crippen LogP contribution in [-0.2, 0) is 93.9 Å². The number of allylic oxidation sites excluding steroid dienone is 1. The van der Waals surface area contributed by atoms with Gasteiger partial charge in [0, 0.05) is 25.0 Å². The summed E-state index contributed by atoms with van der Waals surface area (Å²) in [6.07, 6.45) is 3.07. The predicted molar refractivity (Wildman–Crippen MR) is 320 cm³/mol. The van der Waals surface area contributed by atoms with Crippen molar-refractivity contribution >= 4 is 83.2 Å². The Bertz CT molecular complexity index is 3210. The monoisotopic (exact) mass is 1280 g/mol. The molecule has 90 heavy (non-hydrogen) atoms. The van der Waals surface area contributed by atoms with Gasteiger partial charge in [-0.2, -0.15) is 0 Å². The van der Waals surface area contributed by atoms with Gasteiger partial charge < -0.3 is 52.1 Å². The van der Waals surface area contributed by atoms with Crippen molar-refractivity contribution in [3.63, 3.8) is 0 Å². The van der Waals surface area contributed by atoms with Gasteiger partial charge in [0.2, 0.25) is 0 Å². The minimum atomic E-state index is -0.700. The maximum Gasteiger partial charge on any atom is 0.330 e. The van der Waals surface area contributed by atoms with Gasteiger partial charge in [0.1, 0.15) is 48.4 Å². The molecule has 478 valence electrons. The second kappa shape index (κ2) is 36.0. The van der Waals surface area contributed by atoms with Crippen LogP contribution in [0.3, 0.4) is 0 Å². The lowest BCUT2D eigenvalue weighted by Gasteiger charge is -2.26. The summed E-state index contributed by atoms with van der Waals surface area (Å²) in [5.74, 6) is -6.69. The van der Waals surface area contributed by atoms with E-state index in [2.05, 4.69) is 18.0 Å². The molecule has 1 heterocycles. The molecule has 0 saturated heterocycles. The molecule has 6 rings (SSSR count). The van der Waals surface area contributed by atoms with E-state index >= 15 is 0 Å². The molecule has 0 radical (unpaired) electrons. The fourth-order valence-corrected chi connectivity index (χ4v) is 11.7. The molecule has 0 N–H and O–H groups in total. The smallest absolute Gasteiger partial charge is 0.330 e. The number of carbonyl (C=O) groups excluding carboxylic acids is 10. The number of carbonyl (C=O) groups is 10. The van der Waals surface area contributed by atoms with Crippen molar-refractivity contribution in [2.24, 2.45) is 23.7 Å². The third-order valence-electron chi connectivity index (χ3n) is 14.2. The highest BCUT2D eigenvalue weighted by molar-refractivity contribution is 8.24. The first-order valence-corrected chi connectivity index (χ1v) is 30.9. The van der Waals surface area contributed by atoms with Crippen LogP contribution in [0, 0.1) is 41.6 Å². The summed E-state index contributed by atoms with van der Waals surface area (Å²) in [6.45, 7) is 19.1. The summed E-state index contributed by atoms with van der Waals surface area (Å²) < 4.78 is 59.7. The highest BCUT2D eigenvalue weighted by atomic mass is 32.2. The molecular formula is C65H70N2O21S2. The fraction of sp³-hybridized carbons (Fsp3) is 0.446. The SMILES string of the molecule is [C-]#[N+]/C(C#N)=C1\Sc2c(OC(=O)C3CCC(C(=O)Oc4ccc(CCOC(=O)CCC(=O)OC(C)COC(=O)C=C)cc4)CC3)ccc(OC(=O)C3CCC(C(=O)Oc4ccc(CCOC(=O)CCC(=O)OC(C)COC(C)COC(=O)C=C)cc4)CC3)c2S1. The van der Waals surface area contributed by atoms with Gasteiger partial charge >= 0.3 is 59.7 Å². The number of fused-ring (bicyclic) bond motifs is 1. The molecule has 2 aliphatic carbocycles. The number of hydrogen-bond acceptors (Lipinski definition) is 24. The first-order chi connectivity index (χ1) is 43.2. The van der Waals surface area contributed by atoms with Crippen molar-refractivity contribution < 1.29 is 100 Å². The van der Waals surface area contributed by atoms with Gasteiger partial charge in [0.25, 0.3) is 5.70 Å². The molecule has 3 unspecified atom stereocenters. The first kappa shape index (κ1) is 70.3. The number of ether oxygens (including phenoxy) is 11. The van der Waals surface area contributed by atoms with E-state index in [4.69, 9.17) is 58.7 Å². The van der Waals surface area contributed by atoms with Crippen molar-refractivity contribution in [2.45, 2.75) is 139 Å². The van der Waals surface area contributed by atoms with E-state index < -0.39 is 102 Å². The molecule has 3 aromatic rings. The highest BCUT2D eigenvalue weighted by Gasteiger charge is 2.37. The van der Waals surface area contributed by atoms with E-state index in [-0.39, 0.29) is 75.9 Å². The van der Waals surface area contributed by atoms with Gasteiger partial charge in [-0.25, -0.2) is 19.7 Å². The van der Waals surface area contributed by atoms with Gasteiger partial charge in [0.15, 0.2) is 0 Å². The fourth-order valence-electron chi connectivity index (χ4n) is 9.28. The van der Waals surface area contributed by atoms with E-state index in [1.54, 1.807) is 69.3 Å². The van der Waals surface area contributed by atoms with Gasteiger partial charge in [-0.05, 0) is 120 Å². The van der Waals surface area contributed by atoms with E-state index in [0.29, 0.717) is 89.7 Å². The number of thioether (sulfide) groups is 2. The number of nitriles is 1. The molecule has 3 aliphatic rings. The number of benzene rings is 3. The predicted octanol–water partition coefficient (Wildman–Crippen LogP) is 9.59. The highest BCUT2D eigenvalue weighted by Crippen LogP contribution is 2.59. The van der Waals surface area contributed by atoms with Crippen LogP contribution in [0.5, 0.6) is 23.0 Å². The van der Waals surface area contributed by atoms with Crippen molar-refractivity contribution in [1.82, 2.24) is 0 Å². The minimum absolute atomic E-state index is 0.0141. The Labute approximate surface area is 529 Å². The summed E-state index contributed by atoms with van der Waals surface area (Å²) >= 11 is 2.11. The molecule has 0 amide bonds. The summed E-state index contributed by atoms with van der Waals surface area (Å²) in [5.41, 5.74) is 1.42. The lowest BCUT2D eigenvalue weighted by Crippen LogP contribution is -2.30. The summed E-state index contributed by atoms with van der Waals surface area (Å²) in [7, 11) is 0.